The summed E-state index contributed by atoms with van der Waals surface area (Å²) < 4.78 is 35.2. The molecule has 0 radical (unpaired) electrons. The van der Waals surface area contributed by atoms with E-state index >= 15 is 0 Å². The zero-order chi connectivity index (χ0) is 26.9. The Hall–Kier alpha value is -4.71. The van der Waals surface area contributed by atoms with Crippen LogP contribution in [-0.4, -0.2) is 41.8 Å². The van der Waals surface area contributed by atoms with Gasteiger partial charge in [0.2, 0.25) is 5.95 Å². The number of sulfonamides is 1. The van der Waals surface area contributed by atoms with Gasteiger partial charge < -0.3 is 15.5 Å². The lowest BCUT2D eigenvalue weighted by molar-refractivity contribution is 0.415. The number of azo groups is 1. The summed E-state index contributed by atoms with van der Waals surface area (Å²) in [6, 6.07) is 21.0. The predicted molar refractivity (Wildman–Crippen MR) is 146 cm³/mol. The largest absolute Gasteiger partial charge is 0.494 e. The summed E-state index contributed by atoms with van der Waals surface area (Å²) >= 11 is 0. The van der Waals surface area contributed by atoms with Gasteiger partial charge >= 0.3 is 0 Å². The van der Waals surface area contributed by atoms with Crippen molar-refractivity contribution in [3.63, 3.8) is 0 Å². The Kier molecular flexibility index (Phi) is 6.55. The lowest BCUT2D eigenvalue weighted by atomic mass is 10.3. The maximum Gasteiger partial charge on any atom is 0.264 e. The average molecular weight is 531 g/mol. The fourth-order valence-electron chi connectivity index (χ4n) is 4.09. The highest BCUT2D eigenvalue weighted by atomic mass is 32.2. The Morgan fingerprint density at radius 2 is 1.79 bits per heavy atom. The van der Waals surface area contributed by atoms with Crippen molar-refractivity contribution in [2.45, 2.75) is 18.7 Å². The van der Waals surface area contributed by atoms with Gasteiger partial charge in [0, 0.05) is 6.54 Å². The SMILES string of the molecule is CCN(c1ccccc1)S(=O)(=O)c1ccc(OC)c(N=Nc2c(C)nn(-c3nc4ccccc4[nH]3)c2N)c1. The molecule has 2 aromatic heterocycles. The lowest BCUT2D eigenvalue weighted by Gasteiger charge is -2.23. The predicted octanol–water partition coefficient (Wildman–Crippen LogP) is 5.28. The molecule has 12 heteroatoms. The van der Waals surface area contributed by atoms with Gasteiger partial charge in [0.1, 0.15) is 11.4 Å². The van der Waals surface area contributed by atoms with Crippen LogP contribution in [0.25, 0.3) is 17.0 Å². The Morgan fingerprint density at radius 1 is 1.05 bits per heavy atom. The van der Waals surface area contributed by atoms with Crippen LogP contribution in [0.3, 0.4) is 0 Å². The molecule has 0 amide bonds. The number of anilines is 2. The van der Waals surface area contributed by atoms with Crippen molar-refractivity contribution in [2.24, 2.45) is 10.2 Å². The van der Waals surface area contributed by atoms with E-state index in [1.807, 2.05) is 30.3 Å². The number of nitrogens with two attached hydrogens (primary N) is 1. The number of rotatable bonds is 8. The molecule has 0 fully saturated rings. The maximum atomic E-state index is 13.5. The van der Waals surface area contributed by atoms with E-state index < -0.39 is 10.0 Å². The quantitative estimate of drug-likeness (QED) is 0.261. The molecule has 2 heterocycles. The first-order chi connectivity index (χ1) is 18.3. The molecule has 0 aliphatic carbocycles. The number of hydrogen-bond donors (Lipinski definition) is 2. The van der Waals surface area contributed by atoms with Crippen LogP contribution in [0.5, 0.6) is 5.75 Å². The Morgan fingerprint density at radius 3 is 2.50 bits per heavy atom. The van der Waals surface area contributed by atoms with Crippen LogP contribution in [0.1, 0.15) is 12.6 Å². The van der Waals surface area contributed by atoms with Gasteiger partial charge in [-0.15, -0.1) is 10.2 Å². The second-order valence-corrected chi connectivity index (χ2v) is 10.2. The number of fused-ring (bicyclic) bond motifs is 1. The number of ether oxygens (including phenoxy) is 1. The van der Waals surface area contributed by atoms with Gasteiger partial charge in [-0.2, -0.15) is 9.78 Å². The smallest absolute Gasteiger partial charge is 0.264 e. The van der Waals surface area contributed by atoms with Crippen molar-refractivity contribution in [1.29, 1.82) is 0 Å². The molecule has 3 aromatic carbocycles. The van der Waals surface area contributed by atoms with E-state index in [9.17, 15) is 8.42 Å². The van der Waals surface area contributed by atoms with E-state index in [4.69, 9.17) is 10.5 Å². The van der Waals surface area contributed by atoms with E-state index in [1.54, 1.807) is 44.2 Å². The molecule has 0 aliphatic heterocycles. The molecule has 5 rings (SSSR count). The molecule has 0 bridgehead atoms. The second-order valence-electron chi connectivity index (χ2n) is 8.35. The van der Waals surface area contributed by atoms with Crippen molar-refractivity contribution in [3.8, 4) is 11.7 Å². The van der Waals surface area contributed by atoms with Gasteiger partial charge in [-0.25, -0.2) is 13.4 Å². The number of nitrogens with one attached hydrogen (secondary N) is 1. The van der Waals surface area contributed by atoms with E-state index in [1.165, 1.54) is 28.2 Å². The zero-order valence-electron chi connectivity index (χ0n) is 21.0. The third kappa shape index (κ3) is 4.45. The molecule has 3 N–H and O–H groups in total. The molecular formula is C26H26N8O3S. The number of nitrogens with zero attached hydrogens (tertiary/aromatic N) is 6. The Bertz CT molecular complexity index is 1710. The number of para-hydroxylation sites is 3. The van der Waals surface area contributed by atoms with Crippen molar-refractivity contribution >= 4 is 43.9 Å². The van der Waals surface area contributed by atoms with E-state index in [0.29, 0.717) is 28.8 Å². The molecule has 194 valence electrons. The van der Waals surface area contributed by atoms with Crippen molar-refractivity contribution in [2.75, 3.05) is 23.7 Å². The number of hydrogen-bond acceptors (Lipinski definition) is 8. The monoisotopic (exact) mass is 530 g/mol. The summed E-state index contributed by atoms with van der Waals surface area (Å²) in [6.07, 6.45) is 0. The number of H-pyrrole nitrogens is 1. The minimum Gasteiger partial charge on any atom is -0.494 e. The van der Waals surface area contributed by atoms with Gasteiger partial charge in [0.15, 0.2) is 11.5 Å². The third-order valence-electron chi connectivity index (χ3n) is 5.97. The normalized spacial score (nSPS) is 11.9. The fraction of sp³-hybridized carbons (Fsp3) is 0.154. The molecule has 0 unspecified atom stereocenters. The first kappa shape index (κ1) is 25.0. The minimum atomic E-state index is -3.87. The zero-order valence-corrected chi connectivity index (χ0v) is 21.8. The number of aromatic amines is 1. The number of aromatic nitrogens is 4. The van der Waals surface area contributed by atoms with Crippen LogP contribution in [0.4, 0.5) is 22.9 Å². The van der Waals surface area contributed by atoms with Gasteiger partial charge in [0.05, 0.1) is 34.4 Å². The van der Waals surface area contributed by atoms with Crippen LogP contribution in [0, 0.1) is 6.92 Å². The number of nitrogen functional groups attached to an aromatic ring is 1. The highest BCUT2D eigenvalue weighted by molar-refractivity contribution is 7.92. The fourth-order valence-corrected chi connectivity index (χ4v) is 5.58. The first-order valence-electron chi connectivity index (χ1n) is 11.8. The van der Waals surface area contributed by atoms with Gasteiger partial charge in [0.25, 0.3) is 10.0 Å². The molecular weight excluding hydrogens is 504 g/mol. The average Bonchev–Trinajstić information content (AvgIpc) is 3.48. The molecule has 0 aliphatic rings. The molecule has 0 saturated heterocycles. The van der Waals surface area contributed by atoms with Gasteiger partial charge in [-0.05, 0) is 56.3 Å². The van der Waals surface area contributed by atoms with Gasteiger partial charge in [-0.3, -0.25) is 4.31 Å². The standard InChI is InChI=1S/C26H26N8O3S/c1-4-33(18-10-6-5-7-11-18)38(35,36)19-14-15-23(37-3)22(16-19)30-31-24-17(2)32-34(25(24)27)26-28-20-12-8-9-13-21(20)29-26/h5-16H,4,27H2,1-3H3,(H,28,29). The van der Waals surface area contributed by atoms with Crippen LogP contribution in [0.2, 0.25) is 0 Å². The van der Waals surface area contributed by atoms with Crippen molar-refractivity contribution in [1.82, 2.24) is 19.7 Å². The highest BCUT2D eigenvalue weighted by Crippen LogP contribution is 2.36. The Balaban J connectivity index is 1.51. The minimum absolute atomic E-state index is 0.0561. The van der Waals surface area contributed by atoms with Gasteiger partial charge in [-0.1, -0.05) is 30.3 Å². The summed E-state index contributed by atoms with van der Waals surface area (Å²) in [5.41, 5.74) is 9.64. The second kappa shape index (κ2) is 9.98. The number of benzene rings is 3. The number of aryl methyl sites for hydroxylation is 1. The molecule has 38 heavy (non-hydrogen) atoms. The summed E-state index contributed by atoms with van der Waals surface area (Å²) in [5.74, 6) is 1.03. The maximum absolute atomic E-state index is 13.5. The van der Waals surface area contributed by atoms with E-state index in [0.717, 1.165) is 11.0 Å². The van der Waals surface area contributed by atoms with Crippen LogP contribution in [0.15, 0.2) is 87.9 Å². The van der Waals surface area contributed by atoms with Crippen LogP contribution >= 0.6 is 0 Å². The van der Waals surface area contributed by atoms with E-state index in [-0.39, 0.29) is 22.9 Å². The molecule has 5 aromatic rings. The van der Waals surface area contributed by atoms with Crippen molar-refractivity contribution < 1.29 is 13.2 Å². The summed E-state index contributed by atoms with van der Waals surface area (Å²) in [4.78, 5) is 7.77. The number of imidazole rings is 1. The third-order valence-corrected chi connectivity index (χ3v) is 7.87. The van der Waals surface area contributed by atoms with Crippen molar-refractivity contribution in [3.05, 3.63) is 78.5 Å². The van der Waals surface area contributed by atoms with Crippen LogP contribution in [-0.2, 0) is 10.0 Å². The Labute approximate surface area is 219 Å². The molecule has 0 spiro atoms. The summed E-state index contributed by atoms with van der Waals surface area (Å²) in [5, 5.41) is 13.1. The molecule has 0 atom stereocenters. The topological polar surface area (TPSA) is 144 Å². The lowest BCUT2D eigenvalue weighted by Crippen LogP contribution is -2.30. The van der Waals surface area contributed by atoms with Crippen LogP contribution < -0.4 is 14.8 Å². The summed E-state index contributed by atoms with van der Waals surface area (Å²) in [7, 11) is -2.40. The molecule has 0 saturated carbocycles. The molecule has 11 nitrogen and oxygen atoms in total. The highest BCUT2D eigenvalue weighted by Gasteiger charge is 2.25. The first-order valence-corrected chi connectivity index (χ1v) is 13.2. The number of methoxy groups -OCH3 is 1. The summed E-state index contributed by atoms with van der Waals surface area (Å²) in [6.45, 7) is 3.78. The van der Waals surface area contributed by atoms with E-state index in [2.05, 4.69) is 25.3 Å².